The summed E-state index contributed by atoms with van der Waals surface area (Å²) in [6.45, 7) is 5.19. The number of ether oxygens (including phenoxy) is 2. The van der Waals surface area contributed by atoms with Gasteiger partial charge in [0.1, 0.15) is 11.1 Å². The third kappa shape index (κ3) is 15.1. The smallest absolute Gasteiger partial charge is 0.353 e. The normalized spacial score (nSPS) is 11.1. The molecule has 182 valence electrons. The molecule has 0 amide bonds. The van der Waals surface area contributed by atoms with Crippen LogP contribution in [0.3, 0.4) is 0 Å². The fourth-order valence-electron chi connectivity index (χ4n) is 3.49. The molecule has 0 spiro atoms. The Morgan fingerprint density at radius 1 is 0.875 bits per heavy atom. The predicted molar refractivity (Wildman–Crippen MR) is 134 cm³/mol. The number of rotatable bonds is 20. The van der Waals surface area contributed by atoms with Crippen molar-refractivity contribution >= 4 is 29.0 Å². The van der Waals surface area contributed by atoms with Crippen LogP contribution in [0.5, 0.6) is 0 Å². The first-order valence-corrected chi connectivity index (χ1v) is 13.4. The Morgan fingerprint density at radius 2 is 1.44 bits per heavy atom. The lowest BCUT2D eigenvalue weighted by molar-refractivity contribution is -0.137. The number of hydrogen-bond acceptors (Lipinski definition) is 6. The first kappa shape index (κ1) is 28.2. The molecular weight excluding hydrogens is 422 g/mol. The Kier molecular flexibility index (Phi) is 17.5. The van der Waals surface area contributed by atoms with Crippen molar-refractivity contribution in [2.24, 2.45) is 0 Å². The van der Waals surface area contributed by atoms with Gasteiger partial charge in [0.25, 0.3) is 0 Å². The van der Waals surface area contributed by atoms with E-state index in [1.165, 1.54) is 94.8 Å². The summed E-state index contributed by atoms with van der Waals surface area (Å²) in [5, 5.41) is 5.28. The van der Waals surface area contributed by atoms with Crippen molar-refractivity contribution < 1.29 is 19.1 Å². The molecule has 0 aliphatic carbocycles. The zero-order valence-electron chi connectivity index (χ0n) is 20.2. The van der Waals surface area contributed by atoms with Gasteiger partial charge in [-0.2, -0.15) is 0 Å². The van der Waals surface area contributed by atoms with E-state index in [-0.39, 0.29) is 6.61 Å². The third-order valence-electron chi connectivity index (χ3n) is 5.33. The number of carbonyl (C=O) groups is 2. The number of hydrogen-bond donors (Lipinski definition) is 1. The van der Waals surface area contributed by atoms with E-state index in [1.54, 1.807) is 13.0 Å². The van der Waals surface area contributed by atoms with E-state index >= 15 is 0 Å². The van der Waals surface area contributed by atoms with E-state index in [0.717, 1.165) is 31.0 Å². The SMILES string of the molecule is CCCCCCCCCCCCCCCCNc1csc(C(=O)O/C=C/C(=O)OCC)c1. The van der Waals surface area contributed by atoms with Gasteiger partial charge in [0, 0.05) is 17.6 Å². The van der Waals surface area contributed by atoms with E-state index in [2.05, 4.69) is 12.2 Å². The van der Waals surface area contributed by atoms with E-state index in [0.29, 0.717) is 4.88 Å². The maximum absolute atomic E-state index is 12.0. The molecule has 6 heteroatoms. The predicted octanol–water partition coefficient (Wildman–Crippen LogP) is 7.87. The molecule has 0 saturated heterocycles. The monoisotopic (exact) mass is 465 g/mol. The molecule has 1 aromatic heterocycles. The van der Waals surface area contributed by atoms with Crippen molar-refractivity contribution in [2.75, 3.05) is 18.5 Å². The van der Waals surface area contributed by atoms with Gasteiger partial charge in [0.05, 0.1) is 12.7 Å². The molecule has 5 nitrogen and oxygen atoms in total. The average Bonchev–Trinajstić information content (AvgIpc) is 3.25. The zero-order chi connectivity index (χ0) is 23.3. The lowest BCUT2D eigenvalue weighted by atomic mass is 10.0. The summed E-state index contributed by atoms with van der Waals surface area (Å²) in [4.78, 5) is 23.6. The molecule has 1 heterocycles. The van der Waals surface area contributed by atoms with Crippen LogP contribution in [0, 0.1) is 0 Å². The Morgan fingerprint density at radius 3 is 2.00 bits per heavy atom. The Hall–Kier alpha value is -1.82. The maximum atomic E-state index is 12.0. The van der Waals surface area contributed by atoms with Crippen LogP contribution >= 0.6 is 11.3 Å². The molecule has 0 radical (unpaired) electrons. The molecule has 0 unspecified atom stereocenters. The zero-order valence-corrected chi connectivity index (χ0v) is 21.0. The van der Waals surface area contributed by atoms with Gasteiger partial charge in [-0.15, -0.1) is 11.3 Å². The number of unbranched alkanes of at least 4 members (excludes halogenated alkanes) is 13. The molecule has 0 aliphatic rings. The van der Waals surface area contributed by atoms with Crippen LogP contribution < -0.4 is 5.32 Å². The van der Waals surface area contributed by atoms with Crippen molar-refractivity contribution in [2.45, 2.75) is 104 Å². The number of anilines is 1. The number of nitrogens with one attached hydrogen (secondary N) is 1. The van der Waals surface area contributed by atoms with Crippen LogP contribution in [0.4, 0.5) is 5.69 Å². The number of esters is 2. The van der Waals surface area contributed by atoms with E-state index in [4.69, 9.17) is 9.47 Å². The molecule has 0 fully saturated rings. The second-order valence-corrected chi connectivity index (χ2v) is 9.09. The summed E-state index contributed by atoms with van der Waals surface area (Å²) >= 11 is 1.33. The summed E-state index contributed by atoms with van der Waals surface area (Å²) < 4.78 is 9.68. The fourth-order valence-corrected chi connectivity index (χ4v) is 4.23. The van der Waals surface area contributed by atoms with Gasteiger partial charge < -0.3 is 14.8 Å². The van der Waals surface area contributed by atoms with Gasteiger partial charge in [-0.1, -0.05) is 90.4 Å². The van der Waals surface area contributed by atoms with Crippen LogP contribution in [0.25, 0.3) is 0 Å². The molecule has 1 N–H and O–H groups in total. The third-order valence-corrected chi connectivity index (χ3v) is 6.24. The van der Waals surface area contributed by atoms with Gasteiger partial charge in [0.15, 0.2) is 0 Å². The summed E-state index contributed by atoms with van der Waals surface area (Å²) in [7, 11) is 0. The molecule has 1 rings (SSSR count). The molecule has 0 aliphatic heterocycles. The van der Waals surface area contributed by atoms with Gasteiger partial charge in [0.2, 0.25) is 0 Å². The van der Waals surface area contributed by atoms with Gasteiger partial charge in [-0.3, -0.25) is 0 Å². The molecule has 0 saturated carbocycles. The summed E-state index contributed by atoms with van der Waals surface area (Å²) in [6, 6.07) is 1.79. The maximum Gasteiger partial charge on any atom is 0.353 e. The van der Waals surface area contributed by atoms with Gasteiger partial charge in [-0.05, 0) is 19.4 Å². The average molecular weight is 466 g/mol. The minimum atomic E-state index is -0.526. The minimum Gasteiger partial charge on any atom is -0.463 e. The second-order valence-electron chi connectivity index (χ2n) is 8.18. The van der Waals surface area contributed by atoms with Crippen molar-refractivity contribution in [1.82, 2.24) is 0 Å². The van der Waals surface area contributed by atoms with Crippen molar-refractivity contribution in [3.63, 3.8) is 0 Å². The van der Waals surface area contributed by atoms with E-state index in [1.807, 2.05) is 5.38 Å². The number of thiophene rings is 1. The molecule has 0 bridgehead atoms. The highest BCUT2D eigenvalue weighted by Gasteiger charge is 2.09. The first-order chi connectivity index (χ1) is 15.7. The van der Waals surface area contributed by atoms with Crippen LogP contribution in [-0.4, -0.2) is 25.1 Å². The fraction of sp³-hybridized carbons (Fsp3) is 0.692. The first-order valence-electron chi connectivity index (χ1n) is 12.5. The Bertz CT molecular complexity index is 642. The Labute approximate surface area is 199 Å². The lowest BCUT2D eigenvalue weighted by Gasteiger charge is -2.05. The summed E-state index contributed by atoms with van der Waals surface area (Å²) in [5.41, 5.74) is 0.936. The standard InChI is InChI=1S/C26H43NO4S/c1-3-5-6-7-8-9-10-11-12-13-14-15-16-17-19-27-23-21-24(32-22-23)26(29)31-20-18-25(28)30-4-2/h18,20-22,27H,3-17,19H2,1-2H3/b20-18+. The largest absolute Gasteiger partial charge is 0.463 e. The van der Waals surface area contributed by atoms with Gasteiger partial charge >= 0.3 is 11.9 Å². The summed E-state index contributed by atoms with van der Waals surface area (Å²) in [6.07, 6.45) is 21.2. The molecule has 1 aromatic rings. The van der Waals surface area contributed by atoms with E-state index in [9.17, 15) is 9.59 Å². The lowest BCUT2D eigenvalue weighted by Crippen LogP contribution is -2.02. The minimum absolute atomic E-state index is 0.288. The van der Waals surface area contributed by atoms with Crippen molar-refractivity contribution in [3.05, 3.63) is 28.7 Å². The van der Waals surface area contributed by atoms with Crippen LogP contribution in [0.1, 0.15) is 113 Å². The Balaban J connectivity index is 1.97. The highest BCUT2D eigenvalue weighted by Crippen LogP contribution is 2.20. The quantitative estimate of drug-likeness (QED) is 0.0918. The van der Waals surface area contributed by atoms with Gasteiger partial charge in [-0.25, -0.2) is 9.59 Å². The van der Waals surface area contributed by atoms with Crippen LogP contribution in [0.15, 0.2) is 23.8 Å². The highest BCUT2D eigenvalue weighted by molar-refractivity contribution is 7.12. The molecule has 32 heavy (non-hydrogen) atoms. The summed E-state index contributed by atoms with van der Waals surface area (Å²) in [5.74, 6) is -0.998. The topological polar surface area (TPSA) is 64.6 Å². The van der Waals surface area contributed by atoms with E-state index < -0.39 is 11.9 Å². The van der Waals surface area contributed by atoms with Crippen LogP contribution in [0.2, 0.25) is 0 Å². The van der Waals surface area contributed by atoms with Crippen LogP contribution in [-0.2, 0) is 14.3 Å². The molecule has 0 atom stereocenters. The highest BCUT2D eigenvalue weighted by atomic mass is 32.1. The molecule has 0 aromatic carbocycles. The van der Waals surface area contributed by atoms with Crippen molar-refractivity contribution in [3.8, 4) is 0 Å². The van der Waals surface area contributed by atoms with Crippen molar-refractivity contribution in [1.29, 1.82) is 0 Å². The number of carbonyl (C=O) groups excluding carboxylic acids is 2. The molecular formula is C26H43NO4S. The second kappa shape index (κ2) is 19.8.